The highest BCUT2D eigenvalue weighted by Crippen LogP contribution is 2.24. The van der Waals surface area contributed by atoms with E-state index in [9.17, 15) is 9.18 Å². The van der Waals surface area contributed by atoms with E-state index in [4.69, 9.17) is 0 Å². The number of halogens is 1. The summed E-state index contributed by atoms with van der Waals surface area (Å²) in [6.45, 7) is 0. The fourth-order valence-electron chi connectivity index (χ4n) is 2.47. The number of hydrogen-bond acceptors (Lipinski definition) is 4. The molecule has 0 saturated heterocycles. The van der Waals surface area contributed by atoms with Crippen LogP contribution in [0.15, 0.2) is 53.9 Å². The number of aromatic amines is 1. The number of hydrogen-bond donors (Lipinski definition) is 2. The Hall–Kier alpha value is -3.06. The van der Waals surface area contributed by atoms with E-state index < -0.39 is 0 Å². The fraction of sp³-hybridized carbons (Fsp3) is 0.0556. The summed E-state index contributed by atoms with van der Waals surface area (Å²) in [4.78, 5) is 24.0. The molecule has 0 radical (unpaired) electrons. The maximum atomic E-state index is 13.0. The van der Waals surface area contributed by atoms with Gasteiger partial charge in [0.2, 0.25) is 11.9 Å². The Bertz CT molecular complexity index is 1010. The molecule has 5 nitrogen and oxygen atoms in total. The van der Waals surface area contributed by atoms with Crippen molar-refractivity contribution in [2.45, 2.75) is 6.42 Å². The monoisotopic (exact) mass is 352 g/mol. The summed E-state index contributed by atoms with van der Waals surface area (Å²) in [6, 6.07) is 13.7. The highest BCUT2D eigenvalue weighted by molar-refractivity contribution is 7.13. The Morgan fingerprint density at radius 3 is 2.72 bits per heavy atom. The van der Waals surface area contributed by atoms with Gasteiger partial charge in [0.25, 0.3) is 0 Å². The van der Waals surface area contributed by atoms with Gasteiger partial charge in [-0.2, -0.15) is 0 Å². The molecule has 2 aromatic carbocycles. The third kappa shape index (κ3) is 3.41. The number of para-hydroxylation sites is 2. The number of carbonyl (C=O) groups excluding carboxylic acids is 1. The van der Waals surface area contributed by atoms with Crippen LogP contribution in [0.25, 0.3) is 21.6 Å². The summed E-state index contributed by atoms with van der Waals surface area (Å²) in [5, 5.41) is 5.33. The number of rotatable bonds is 4. The number of H-pyrrole nitrogens is 1. The second-order valence-electron chi connectivity index (χ2n) is 5.48. The largest absolute Gasteiger partial charge is 0.324 e. The molecule has 124 valence electrons. The summed E-state index contributed by atoms with van der Waals surface area (Å²) in [5.74, 6) is -0.0686. The van der Waals surface area contributed by atoms with Crippen LogP contribution in [0.4, 0.5) is 10.3 Å². The van der Waals surface area contributed by atoms with Crippen LogP contribution < -0.4 is 5.32 Å². The van der Waals surface area contributed by atoms with Crippen LogP contribution in [0, 0.1) is 5.82 Å². The van der Waals surface area contributed by atoms with Crippen molar-refractivity contribution in [1.82, 2.24) is 15.0 Å². The van der Waals surface area contributed by atoms with E-state index in [1.807, 2.05) is 29.6 Å². The van der Waals surface area contributed by atoms with Crippen molar-refractivity contribution in [3.63, 3.8) is 0 Å². The van der Waals surface area contributed by atoms with Crippen molar-refractivity contribution in [3.8, 4) is 10.6 Å². The summed E-state index contributed by atoms with van der Waals surface area (Å²) in [7, 11) is 0. The van der Waals surface area contributed by atoms with E-state index in [2.05, 4.69) is 20.3 Å². The van der Waals surface area contributed by atoms with Gasteiger partial charge in [-0.05, 0) is 36.4 Å². The van der Waals surface area contributed by atoms with Crippen LogP contribution in [0.1, 0.15) is 5.69 Å². The first-order chi connectivity index (χ1) is 12.2. The van der Waals surface area contributed by atoms with Gasteiger partial charge in [-0.3, -0.25) is 10.1 Å². The average Bonchev–Trinajstić information content (AvgIpc) is 3.21. The predicted molar refractivity (Wildman–Crippen MR) is 95.9 cm³/mol. The van der Waals surface area contributed by atoms with Gasteiger partial charge in [-0.15, -0.1) is 11.3 Å². The molecule has 0 bridgehead atoms. The van der Waals surface area contributed by atoms with Crippen molar-refractivity contribution < 1.29 is 9.18 Å². The Balaban J connectivity index is 1.45. The zero-order valence-corrected chi connectivity index (χ0v) is 13.8. The van der Waals surface area contributed by atoms with E-state index in [1.165, 1.54) is 23.5 Å². The van der Waals surface area contributed by atoms with E-state index in [1.54, 1.807) is 12.1 Å². The first-order valence-electron chi connectivity index (χ1n) is 7.62. The Labute approximate surface area is 146 Å². The Morgan fingerprint density at radius 1 is 1.12 bits per heavy atom. The molecule has 2 aromatic heterocycles. The van der Waals surface area contributed by atoms with Crippen molar-refractivity contribution >= 4 is 34.2 Å². The average molecular weight is 352 g/mol. The van der Waals surface area contributed by atoms with Gasteiger partial charge in [-0.1, -0.05) is 12.1 Å². The minimum atomic E-state index is -0.286. The van der Waals surface area contributed by atoms with Crippen LogP contribution in [-0.4, -0.2) is 20.9 Å². The second kappa shape index (κ2) is 6.45. The number of aromatic nitrogens is 3. The van der Waals surface area contributed by atoms with Gasteiger partial charge >= 0.3 is 0 Å². The second-order valence-corrected chi connectivity index (χ2v) is 6.34. The molecule has 0 spiro atoms. The zero-order chi connectivity index (χ0) is 17.2. The molecule has 1 amide bonds. The number of thiazole rings is 1. The fourth-order valence-corrected chi connectivity index (χ4v) is 3.29. The van der Waals surface area contributed by atoms with Crippen LogP contribution in [0.2, 0.25) is 0 Å². The number of benzene rings is 2. The normalized spacial score (nSPS) is 10.9. The lowest BCUT2D eigenvalue weighted by atomic mass is 10.2. The van der Waals surface area contributed by atoms with Gasteiger partial charge in [0.05, 0.1) is 23.1 Å². The van der Waals surface area contributed by atoms with Crippen molar-refractivity contribution in [2.24, 2.45) is 0 Å². The maximum absolute atomic E-state index is 13.0. The molecule has 0 unspecified atom stereocenters. The van der Waals surface area contributed by atoms with Crippen molar-refractivity contribution in [2.75, 3.05) is 5.32 Å². The molecule has 2 N–H and O–H groups in total. The van der Waals surface area contributed by atoms with Gasteiger partial charge < -0.3 is 4.98 Å². The summed E-state index contributed by atoms with van der Waals surface area (Å²) < 4.78 is 13.0. The molecule has 0 saturated carbocycles. The minimum Gasteiger partial charge on any atom is -0.324 e. The van der Waals surface area contributed by atoms with E-state index >= 15 is 0 Å². The third-order valence-electron chi connectivity index (χ3n) is 3.63. The molecule has 0 aliphatic carbocycles. The SMILES string of the molecule is O=C(Cc1csc(-c2ccc(F)cc2)n1)Nc1nc2ccccc2[nH]1. The molecule has 4 rings (SSSR count). The number of amides is 1. The molecule has 7 heteroatoms. The van der Waals surface area contributed by atoms with Crippen molar-refractivity contribution in [3.05, 3.63) is 65.4 Å². The first kappa shape index (κ1) is 15.5. The maximum Gasteiger partial charge on any atom is 0.232 e. The van der Waals surface area contributed by atoms with Crippen LogP contribution in [-0.2, 0) is 11.2 Å². The number of nitrogens with one attached hydrogen (secondary N) is 2. The predicted octanol–water partition coefficient (Wildman–Crippen LogP) is 4.01. The van der Waals surface area contributed by atoms with E-state index in [-0.39, 0.29) is 18.1 Å². The van der Waals surface area contributed by atoms with Gasteiger partial charge in [0.15, 0.2) is 0 Å². The van der Waals surface area contributed by atoms with Crippen LogP contribution in [0.3, 0.4) is 0 Å². The summed E-state index contributed by atoms with van der Waals surface area (Å²) >= 11 is 1.42. The number of nitrogens with zero attached hydrogens (tertiary/aromatic N) is 2. The third-order valence-corrected chi connectivity index (χ3v) is 4.57. The molecule has 0 aliphatic rings. The standard InChI is InChI=1S/C18H13FN4OS/c19-12-7-5-11(6-8-12)17-20-13(10-25-17)9-16(24)23-18-21-14-3-1-2-4-15(14)22-18/h1-8,10H,9H2,(H2,21,22,23,24). The molecular formula is C18H13FN4OS. The molecule has 0 atom stereocenters. The zero-order valence-electron chi connectivity index (χ0n) is 13.0. The smallest absolute Gasteiger partial charge is 0.232 e. The van der Waals surface area contributed by atoms with E-state index in [0.717, 1.165) is 21.6 Å². The number of fused-ring (bicyclic) bond motifs is 1. The van der Waals surface area contributed by atoms with Crippen molar-refractivity contribution in [1.29, 1.82) is 0 Å². The van der Waals surface area contributed by atoms with Gasteiger partial charge in [0.1, 0.15) is 10.8 Å². The number of anilines is 1. The summed E-state index contributed by atoms with van der Waals surface area (Å²) in [6.07, 6.45) is 0.148. The highest BCUT2D eigenvalue weighted by atomic mass is 32.1. The Morgan fingerprint density at radius 2 is 1.92 bits per heavy atom. The molecule has 25 heavy (non-hydrogen) atoms. The minimum absolute atomic E-state index is 0.148. The molecular weight excluding hydrogens is 339 g/mol. The van der Waals surface area contributed by atoms with E-state index in [0.29, 0.717) is 11.6 Å². The topological polar surface area (TPSA) is 70.7 Å². The van der Waals surface area contributed by atoms with Crippen LogP contribution in [0.5, 0.6) is 0 Å². The summed E-state index contributed by atoms with van der Waals surface area (Å²) in [5.41, 5.74) is 3.16. The number of imidazole rings is 1. The Kier molecular flexibility index (Phi) is 3.99. The highest BCUT2D eigenvalue weighted by Gasteiger charge is 2.11. The lowest BCUT2D eigenvalue weighted by Crippen LogP contribution is -2.15. The van der Waals surface area contributed by atoms with Gasteiger partial charge in [-0.25, -0.2) is 14.4 Å². The molecule has 0 aliphatic heterocycles. The first-order valence-corrected chi connectivity index (χ1v) is 8.50. The lowest BCUT2D eigenvalue weighted by Gasteiger charge is -1.99. The molecule has 2 heterocycles. The van der Waals surface area contributed by atoms with Crippen LogP contribution >= 0.6 is 11.3 Å². The molecule has 0 fully saturated rings. The quantitative estimate of drug-likeness (QED) is 0.583. The lowest BCUT2D eigenvalue weighted by molar-refractivity contribution is -0.115. The molecule has 4 aromatic rings. The van der Waals surface area contributed by atoms with Gasteiger partial charge in [0, 0.05) is 10.9 Å². The number of carbonyl (C=O) groups is 1.